The lowest BCUT2D eigenvalue weighted by molar-refractivity contribution is 0.114. The first-order valence-corrected chi connectivity index (χ1v) is 9.75. The number of aryl methyl sites for hydroxylation is 1. The number of hydrogen-bond donors (Lipinski definition) is 2. The van der Waals surface area contributed by atoms with Crippen molar-refractivity contribution in [3.05, 3.63) is 45.2 Å². The van der Waals surface area contributed by atoms with Crippen LogP contribution in [0.5, 0.6) is 0 Å². The van der Waals surface area contributed by atoms with Gasteiger partial charge in [-0.25, -0.2) is 0 Å². The maximum Gasteiger partial charge on any atom is 0.170 e. The molecule has 0 radical (unpaired) electrons. The van der Waals surface area contributed by atoms with Crippen molar-refractivity contribution in [2.75, 3.05) is 18.5 Å². The van der Waals surface area contributed by atoms with Gasteiger partial charge in [-0.2, -0.15) is 5.10 Å². The summed E-state index contributed by atoms with van der Waals surface area (Å²) in [4.78, 5) is 0. The molecule has 0 spiro atoms. The Kier molecular flexibility index (Phi) is 6.40. The molecule has 8 heteroatoms. The molecule has 140 valence electrons. The third-order valence-corrected chi connectivity index (χ3v) is 5.46. The van der Waals surface area contributed by atoms with Gasteiger partial charge in [0.25, 0.3) is 0 Å². The van der Waals surface area contributed by atoms with Crippen molar-refractivity contribution >= 4 is 46.2 Å². The minimum atomic E-state index is 0.238. The standard InChI is InChI=1S/C18H22Cl2N4OS/c1-11-17(22-18(26)21-9-13-5-4-8-25-13)12(2)24(23-11)10-14-15(19)6-3-7-16(14)20/h3,6-7,13H,4-5,8-10H2,1-2H3,(H2,21,22,26). The van der Waals surface area contributed by atoms with Gasteiger partial charge in [-0.15, -0.1) is 0 Å². The van der Waals surface area contributed by atoms with Gasteiger partial charge in [0.1, 0.15) is 0 Å². The summed E-state index contributed by atoms with van der Waals surface area (Å²) in [5.74, 6) is 0. The molecule has 1 aliphatic heterocycles. The van der Waals surface area contributed by atoms with E-state index in [4.69, 9.17) is 40.2 Å². The van der Waals surface area contributed by atoms with Crippen LogP contribution in [-0.4, -0.2) is 34.1 Å². The Morgan fingerprint density at radius 2 is 2.08 bits per heavy atom. The first-order chi connectivity index (χ1) is 12.5. The van der Waals surface area contributed by atoms with Crippen LogP contribution in [0.25, 0.3) is 0 Å². The van der Waals surface area contributed by atoms with Crippen LogP contribution < -0.4 is 10.6 Å². The van der Waals surface area contributed by atoms with Gasteiger partial charge < -0.3 is 15.4 Å². The molecular formula is C18H22Cl2N4OS. The summed E-state index contributed by atoms with van der Waals surface area (Å²) >= 11 is 18.0. The maximum atomic E-state index is 6.28. The predicted molar refractivity (Wildman–Crippen MR) is 110 cm³/mol. The van der Waals surface area contributed by atoms with Crippen LogP contribution in [0.4, 0.5) is 5.69 Å². The first-order valence-electron chi connectivity index (χ1n) is 8.59. The highest BCUT2D eigenvalue weighted by Gasteiger charge is 2.17. The summed E-state index contributed by atoms with van der Waals surface area (Å²) in [7, 11) is 0. The number of nitrogens with zero attached hydrogens (tertiary/aromatic N) is 2. The van der Waals surface area contributed by atoms with Gasteiger partial charge in [0, 0.05) is 28.8 Å². The SMILES string of the molecule is Cc1nn(Cc2c(Cl)cccc2Cl)c(C)c1NC(=S)NCC1CCCO1. The van der Waals surface area contributed by atoms with E-state index in [9.17, 15) is 0 Å². The van der Waals surface area contributed by atoms with Crippen molar-refractivity contribution in [3.63, 3.8) is 0 Å². The largest absolute Gasteiger partial charge is 0.376 e. The summed E-state index contributed by atoms with van der Waals surface area (Å²) in [5.41, 5.74) is 3.59. The minimum Gasteiger partial charge on any atom is -0.376 e. The van der Waals surface area contributed by atoms with Crippen molar-refractivity contribution < 1.29 is 4.74 Å². The normalized spacial score (nSPS) is 16.7. The summed E-state index contributed by atoms with van der Waals surface area (Å²) in [6.45, 7) is 6.00. The van der Waals surface area contributed by atoms with Gasteiger partial charge in [0.15, 0.2) is 5.11 Å². The molecule has 1 aromatic carbocycles. The lowest BCUT2D eigenvalue weighted by Crippen LogP contribution is -2.35. The van der Waals surface area contributed by atoms with Gasteiger partial charge in [-0.1, -0.05) is 29.3 Å². The number of anilines is 1. The van der Waals surface area contributed by atoms with E-state index in [2.05, 4.69) is 15.7 Å². The average molecular weight is 413 g/mol. The molecule has 1 saturated heterocycles. The summed E-state index contributed by atoms with van der Waals surface area (Å²) in [5, 5.41) is 12.9. The number of hydrogen-bond acceptors (Lipinski definition) is 3. The van der Waals surface area contributed by atoms with Crippen molar-refractivity contribution in [1.82, 2.24) is 15.1 Å². The molecule has 0 bridgehead atoms. The Morgan fingerprint density at radius 3 is 2.73 bits per heavy atom. The summed E-state index contributed by atoms with van der Waals surface area (Å²) in [6, 6.07) is 5.50. The van der Waals surface area contributed by atoms with Gasteiger partial charge in [0.05, 0.1) is 29.7 Å². The maximum absolute atomic E-state index is 6.28. The predicted octanol–water partition coefficient (Wildman–Crippen LogP) is 4.32. The molecule has 26 heavy (non-hydrogen) atoms. The van der Waals surface area contributed by atoms with Crippen LogP contribution in [0.15, 0.2) is 18.2 Å². The Morgan fingerprint density at radius 1 is 1.35 bits per heavy atom. The number of benzene rings is 1. The van der Waals surface area contributed by atoms with Crippen LogP contribution in [0, 0.1) is 13.8 Å². The van der Waals surface area contributed by atoms with Gasteiger partial charge in [0.2, 0.25) is 0 Å². The van der Waals surface area contributed by atoms with Crippen LogP contribution in [0.2, 0.25) is 10.0 Å². The molecule has 1 aliphatic rings. The van der Waals surface area contributed by atoms with E-state index in [1.165, 1.54) is 0 Å². The van der Waals surface area contributed by atoms with Gasteiger partial charge >= 0.3 is 0 Å². The average Bonchev–Trinajstić information content (AvgIpc) is 3.20. The second-order valence-electron chi connectivity index (χ2n) is 6.37. The van der Waals surface area contributed by atoms with Gasteiger partial charge in [-0.3, -0.25) is 4.68 Å². The number of ether oxygens (including phenoxy) is 1. The summed E-state index contributed by atoms with van der Waals surface area (Å²) in [6.07, 6.45) is 2.42. The lowest BCUT2D eigenvalue weighted by Gasteiger charge is -2.14. The molecule has 2 heterocycles. The molecule has 5 nitrogen and oxygen atoms in total. The van der Waals surface area contributed by atoms with E-state index < -0.39 is 0 Å². The van der Waals surface area contributed by atoms with Crippen molar-refractivity contribution in [1.29, 1.82) is 0 Å². The van der Waals surface area contributed by atoms with Crippen LogP contribution in [0.3, 0.4) is 0 Å². The van der Waals surface area contributed by atoms with E-state index in [1.54, 1.807) is 0 Å². The lowest BCUT2D eigenvalue weighted by atomic mass is 10.2. The monoisotopic (exact) mass is 412 g/mol. The number of halogens is 2. The number of thiocarbonyl (C=S) groups is 1. The molecule has 1 atom stereocenters. The minimum absolute atomic E-state index is 0.238. The summed E-state index contributed by atoms with van der Waals surface area (Å²) < 4.78 is 7.48. The van der Waals surface area contributed by atoms with E-state index in [1.807, 2.05) is 36.7 Å². The van der Waals surface area contributed by atoms with E-state index in [0.29, 0.717) is 28.2 Å². The quantitative estimate of drug-likeness (QED) is 0.715. The molecule has 0 aliphatic carbocycles. The third-order valence-electron chi connectivity index (χ3n) is 4.50. The van der Waals surface area contributed by atoms with Crippen molar-refractivity contribution in [2.24, 2.45) is 0 Å². The number of rotatable bonds is 5. The molecular weight excluding hydrogens is 391 g/mol. The highest BCUT2D eigenvalue weighted by Crippen LogP contribution is 2.27. The Hall–Kier alpha value is -1.34. The van der Waals surface area contributed by atoms with Crippen LogP contribution in [-0.2, 0) is 11.3 Å². The number of nitrogens with one attached hydrogen (secondary N) is 2. The van der Waals surface area contributed by atoms with E-state index in [0.717, 1.165) is 42.1 Å². The topological polar surface area (TPSA) is 51.1 Å². The fourth-order valence-electron chi connectivity index (χ4n) is 3.03. The zero-order valence-corrected chi connectivity index (χ0v) is 17.1. The van der Waals surface area contributed by atoms with Crippen molar-refractivity contribution in [2.45, 2.75) is 39.3 Å². The number of aromatic nitrogens is 2. The smallest absolute Gasteiger partial charge is 0.170 e. The fraction of sp³-hybridized carbons (Fsp3) is 0.444. The fourth-order valence-corrected chi connectivity index (χ4v) is 3.74. The van der Waals surface area contributed by atoms with Crippen LogP contribution in [0.1, 0.15) is 29.8 Å². The second-order valence-corrected chi connectivity index (χ2v) is 7.60. The second kappa shape index (κ2) is 8.57. The highest BCUT2D eigenvalue weighted by molar-refractivity contribution is 7.80. The Bertz CT molecular complexity index is 782. The molecule has 0 amide bonds. The first kappa shape index (κ1) is 19.4. The highest BCUT2D eigenvalue weighted by atomic mass is 35.5. The Labute approximate surface area is 169 Å². The van der Waals surface area contributed by atoms with Crippen LogP contribution >= 0.6 is 35.4 Å². The molecule has 0 saturated carbocycles. The molecule has 2 aromatic rings. The molecule has 2 N–H and O–H groups in total. The molecule has 1 unspecified atom stereocenters. The molecule has 1 fully saturated rings. The van der Waals surface area contributed by atoms with E-state index >= 15 is 0 Å². The zero-order chi connectivity index (χ0) is 18.7. The van der Waals surface area contributed by atoms with Gasteiger partial charge in [-0.05, 0) is 51.0 Å². The Balaban J connectivity index is 1.68. The molecule has 3 rings (SSSR count). The van der Waals surface area contributed by atoms with E-state index in [-0.39, 0.29) is 6.10 Å². The molecule has 1 aromatic heterocycles. The zero-order valence-electron chi connectivity index (χ0n) is 14.8. The van der Waals surface area contributed by atoms with Crippen molar-refractivity contribution in [3.8, 4) is 0 Å². The third kappa shape index (κ3) is 4.49.